The van der Waals surface area contributed by atoms with E-state index in [9.17, 15) is 9.59 Å². The first-order valence-electron chi connectivity index (χ1n) is 8.21. The van der Waals surface area contributed by atoms with Crippen molar-refractivity contribution in [3.05, 3.63) is 53.7 Å². The van der Waals surface area contributed by atoms with Crippen LogP contribution in [0.5, 0.6) is 0 Å². The fourth-order valence-electron chi connectivity index (χ4n) is 2.85. The molecule has 2 heterocycles. The van der Waals surface area contributed by atoms with Crippen molar-refractivity contribution in [1.82, 2.24) is 4.98 Å². The number of pyridine rings is 1. The molecule has 0 fully saturated rings. The highest BCUT2D eigenvalue weighted by Crippen LogP contribution is 2.37. The molecule has 0 aliphatic carbocycles. The molecule has 1 amide bonds. The van der Waals surface area contributed by atoms with Gasteiger partial charge in [0.05, 0.1) is 25.1 Å². The molecule has 24 heavy (non-hydrogen) atoms. The van der Waals surface area contributed by atoms with Crippen molar-refractivity contribution in [3.63, 3.8) is 0 Å². The van der Waals surface area contributed by atoms with Gasteiger partial charge in [0.2, 0.25) is 5.91 Å². The van der Waals surface area contributed by atoms with Gasteiger partial charge in [-0.2, -0.15) is 0 Å². The summed E-state index contributed by atoms with van der Waals surface area (Å²) in [6.07, 6.45) is 3.98. The van der Waals surface area contributed by atoms with Crippen LogP contribution in [0.25, 0.3) is 0 Å². The molecule has 0 bridgehead atoms. The first-order valence-corrected chi connectivity index (χ1v) is 8.21. The van der Waals surface area contributed by atoms with Gasteiger partial charge in [-0.3, -0.25) is 14.5 Å². The zero-order chi connectivity index (χ0) is 16.9. The first-order chi connectivity index (χ1) is 11.7. The minimum absolute atomic E-state index is 0.0319. The maximum Gasteiger partial charge on any atom is 0.310 e. The lowest BCUT2D eigenvalue weighted by atomic mass is 10.0. The third-order valence-electron chi connectivity index (χ3n) is 3.99. The number of nitrogens with zero attached hydrogens (tertiary/aromatic N) is 2. The molecule has 0 N–H and O–H groups in total. The molecule has 0 unspecified atom stereocenters. The standard InChI is InChI=1S/C19H20N2O3/c1-2-3-11-24-18(23)13-15-8-6-7-14-12-17(22)21(19(14)15)16-9-4-5-10-20-16/h4-10H,2-3,11-13H2,1H3. The van der Waals surface area contributed by atoms with Gasteiger partial charge >= 0.3 is 5.97 Å². The monoisotopic (exact) mass is 324 g/mol. The summed E-state index contributed by atoms with van der Waals surface area (Å²) in [7, 11) is 0. The Morgan fingerprint density at radius 3 is 2.88 bits per heavy atom. The lowest BCUT2D eigenvalue weighted by molar-refractivity contribution is -0.142. The quantitative estimate of drug-likeness (QED) is 0.605. The number of carbonyl (C=O) groups excluding carboxylic acids is 2. The van der Waals surface area contributed by atoms with E-state index < -0.39 is 0 Å². The molecule has 0 saturated carbocycles. The van der Waals surface area contributed by atoms with E-state index in [0.29, 0.717) is 18.8 Å². The smallest absolute Gasteiger partial charge is 0.310 e. The molecule has 2 aromatic rings. The highest BCUT2D eigenvalue weighted by molar-refractivity contribution is 6.07. The molecule has 1 aromatic heterocycles. The van der Waals surface area contributed by atoms with Gasteiger partial charge in [-0.05, 0) is 29.7 Å². The van der Waals surface area contributed by atoms with Gasteiger partial charge in [-0.15, -0.1) is 0 Å². The minimum atomic E-state index is -0.267. The molecule has 5 nitrogen and oxygen atoms in total. The number of carbonyl (C=O) groups is 2. The van der Waals surface area contributed by atoms with Crippen LogP contribution in [0.1, 0.15) is 30.9 Å². The Morgan fingerprint density at radius 2 is 2.12 bits per heavy atom. The maximum atomic E-state index is 12.5. The lowest BCUT2D eigenvalue weighted by Crippen LogP contribution is -2.23. The number of hydrogen-bond donors (Lipinski definition) is 0. The van der Waals surface area contributed by atoms with Crippen LogP contribution >= 0.6 is 0 Å². The molecule has 5 heteroatoms. The van der Waals surface area contributed by atoms with E-state index in [4.69, 9.17) is 4.74 Å². The second kappa shape index (κ2) is 7.25. The topological polar surface area (TPSA) is 59.5 Å². The summed E-state index contributed by atoms with van der Waals surface area (Å²) in [6, 6.07) is 11.1. The molecule has 3 rings (SSSR count). The van der Waals surface area contributed by atoms with Crippen molar-refractivity contribution in [1.29, 1.82) is 0 Å². The van der Waals surface area contributed by atoms with E-state index in [2.05, 4.69) is 4.98 Å². The van der Waals surface area contributed by atoms with E-state index >= 15 is 0 Å². The highest BCUT2D eigenvalue weighted by Gasteiger charge is 2.32. The minimum Gasteiger partial charge on any atom is -0.465 e. The van der Waals surface area contributed by atoms with Crippen molar-refractivity contribution in [2.75, 3.05) is 11.5 Å². The predicted molar refractivity (Wildman–Crippen MR) is 91.1 cm³/mol. The summed E-state index contributed by atoms with van der Waals surface area (Å²) in [5, 5.41) is 0. The molecular weight excluding hydrogens is 304 g/mol. The summed E-state index contributed by atoms with van der Waals surface area (Å²) in [6.45, 7) is 2.49. The summed E-state index contributed by atoms with van der Waals surface area (Å²) in [5.41, 5.74) is 2.49. The Bertz CT molecular complexity index is 744. The number of ether oxygens (including phenoxy) is 1. The SMILES string of the molecule is CCCCOC(=O)Cc1cccc2c1N(c1ccccn1)C(=O)C2. The summed E-state index contributed by atoms with van der Waals surface area (Å²) >= 11 is 0. The van der Waals surface area contributed by atoms with Gasteiger partial charge in [0.15, 0.2) is 0 Å². The van der Waals surface area contributed by atoms with Crippen LogP contribution in [0.15, 0.2) is 42.6 Å². The summed E-state index contributed by atoms with van der Waals surface area (Å²) in [4.78, 5) is 30.4. The second-order valence-corrected chi connectivity index (χ2v) is 5.77. The Kier molecular flexibility index (Phi) is 4.89. The van der Waals surface area contributed by atoms with Crippen LogP contribution in [-0.4, -0.2) is 23.5 Å². The van der Waals surface area contributed by atoms with E-state index in [1.54, 1.807) is 17.2 Å². The number of hydrogen-bond acceptors (Lipinski definition) is 4. The number of rotatable bonds is 6. The van der Waals surface area contributed by atoms with Crippen LogP contribution in [-0.2, 0) is 27.2 Å². The molecule has 0 atom stereocenters. The van der Waals surface area contributed by atoms with Gasteiger partial charge in [0, 0.05) is 6.20 Å². The zero-order valence-electron chi connectivity index (χ0n) is 13.7. The fourth-order valence-corrected chi connectivity index (χ4v) is 2.85. The molecule has 0 radical (unpaired) electrons. The Labute approximate surface area is 141 Å². The van der Waals surface area contributed by atoms with Gasteiger partial charge in [-0.25, -0.2) is 4.98 Å². The number of anilines is 2. The van der Waals surface area contributed by atoms with Gasteiger partial charge < -0.3 is 4.74 Å². The van der Waals surface area contributed by atoms with Gasteiger partial charge in [-0.1, -0.05) is 37.6 Å². The molecule has 1 aromatic carbocycles. The number of para-hydroxylation sites is 1. The maximum absolute atomic E-state index is 12.5. The van der Waals surface area contributed by atoms with Crippen LogP contribution < -0.4 is 4.90 Å². The van der Waals surface area contributed by atoms with Crippen molar-refractivity contribution in [2.45, 2.75) is 32.6 Å². The Balaban J connectivity index is 1.88. The normalized spacial score (nSPS) is 13.0. The van der Waals surface area contributed by atoms with Crippen LogP contribution in [0.4, 0.5) is 11.5 Å². The van der Waals surface area contributed by atoms with Crippen molar-refractivity contribution < 1.29 is 14.3 Å². The zero-order valence-corrected chi connectivity index (χ0v) is 13.7. The second-order valence-electron chi connectivity index (χ2n) is 5.77. The summed E-state index contributed by atoms with van der Waals surface area (Å²) < 4.78 is 5.26. The van der Waals surface area contributed by atoms with E-state index in [1.165, 1.54) is 0 Å². The number of esters is 1. The van der Waals surface area contributed by atoms with Crippen LogP contribution in [0, 0.1) is 0 Å². The average Bonchev–Trinajstić information content (AvgIpc) is 2.93. The molecule has 0 saturated heterocycles. The van der Waals surface area contributed by atoms with Crippen molar-refractivity contribution >= 4 is 23.4 Å². The Hall–Kier alpha value is -2.69. The average molecular weight is 324 g/mol. The molecule has 0 spiro atoms. The lowest BCUT2D eigenvalue weighted by Gasteiger charge is -2.19. The molecular formula is C19H20N2O3. The van der Waals surface area contributed by atoms with Gasteiger partial charge in [0.1, 0.15) is 5.82 Å². The number of aromatic nitrogens is 1. The van der Waals surface area contributed by atoms with E-state index in [-0.39, 0.29) is 18.3 Å². The third kappa shape index (κ3) is 3.30. The number of fused-ring (bicyclic) bond motifs is 1. The molecule has 124 valence electrons. The number of benzene rings is 1. The third-order valence-corrected chi connectivity index (χ3v) is 3.99. The van der Waals surface area contributed by atoms with Crippen LogP contribution in [0.3, 0.4) is 0 Å². The predicted octanol–water partition coefficient (Wildman–Crippen LogP) is 3.19. The largest absolute Gasteiger partial charge is 0.465 e. The van der Waals surface area contributed by atoms with Crippen molar-refractivity contribution in [3.8, 4) is 0 Å². The van der Waals surface area contributed by atoms with E-state index in [1.807, 2.05) is 37.3 Å². The fraction of sp³-hybridized carbons (Fsp3) is 0.316. The number of unbranched alkanes of at least 4 members (excludes halogenated alkanes) is 1. The van der Waals surface area contributed by atoms with E-state index in [0.717, 1.165) is 29.7 Å². The number of amides is 1. The van der Waals surface area contributed by atoms with Crippen molar-refractivity contribution in [2.24, 2.45) is 0 Å². The summed E-state index contributed by atoms with van der Waals surface area (Å²) in [5.74, 6) is 0.278. The Morgan fingerprint density at radius 1 is 1.25 bits per heavy atom. The molecule has 1 aliphatic heterocycles. The highest BCUT2D eigenvalue weighted by atomic mass is 16.5. The van der Waals surface area contributed by atoms with Crippen LogP contribution in [0.2, 0.25) is 0 Å². The molecule has 1 aliphatic rings. The first kappa shape index (κ1) is 16.2. The van der Waals surface area contributed by atoms with Gasteiger partial charge in [0.25, 0.3) is 0 Å².